The highest BCUT2D eigenvalue weighted by atomic mass is 16.2. The maximum Gasteiger partial charge on any atom is 0.319 e. The minimum atomic E-state index is -0.0371. The summed E-state index contributed by atoms with van der Waals surface area (Å²) in [6, 6.07) is 4.72. The molecule has 152 valence electrons. The van der Waals surface area contributed by atoms with Crippen molar-refractivity contribution in [2.24, 2.45) is 5.41 Å². The monoisotopic (exact) mass is 385 g/mol. The number of urea groups is 1. The molecule has 0 aliphatic carbocycles. The van der Waals surface area contributed by atoms with Gasteiger partial charge < -0.3 is 14.7 Å². The number of carbonyl (C=O) groups excluding carboxylic acids is 2. The molecule has 0 bridgehead atoms. The largest absolute Gasteiger partial charge is 0.338 e. The summed E-state index contributed by atoms with van der Waals surface area (Å²) in [5.74, 6) is 0.160. The van der Waals surface area contributed by atoms with Crippen molar-refractivity contribution in [2.45, 2.75) is 44.8 Å². The van der Waals surface area contributed by atoms with Gasteiger partial charge in [-0.2, -0.15) is 0 Å². The average molecular weight is 386 g/mol. The normalized spacial score (nSPS) is 30.0. The van der Waals surface area contributed by atoms with E-state index in [1.807, 2.05) is 31.3 Å². The molecule has 3 fully saturated rings. The first kappa shape index (κ1) is 19.2. The van der Waals surface area contributed by atoms with Crippen LogP contribution >= 0.6 is 0 Å². The number of amides is 3. The fraction of sp³-hybridized carbons (Fsp3) is 0.667. The SMILES string of the molecule is CC(=O)N1CC2(CCN(C(=O)N(C)C)C2)C2C1CCCN2Cc1cccnc1. The molecule has 4 heterocycles. The van der Waals surface area contributed by atoms with Crippen LogP contribution in [0.5, 0.6) is 0 Å². The van der Waals surface area contributed by atoms with E-state index in [9.17, 15) is 9.59 Å². The van der Waals surface area contributed by atoms with E-state index in [-0.39, 0.29) is 23.4 Å². The van der Waals surface area contributed by atoms with E-state index in [2.05, 4.69) is 20.9 Å². The second kappa shape index (κ2) is 7.35. The minimum Gasteiger partial charge on any atom is -0.338 e. The second-order valence-electron chi connectivity index (χ2n) is 8.84. The van der Waals surface area contributed by atoms with E-state index < -0.39 is 0 Å². The molecule has 3 amide bonds. The van der Waals surface area contributed by atoms with Crippen LogP contribution in [0, 0.1) is 5.41 Å². The van der Waals surface area contributed by atoms with Crippen LogP contribution in [0.25, 0.3) is 0 Å². The predicted molar refractivity (Wildman–Crippen MR) is 107 cm³/mol. The zero-order valence-electron chi connectivity index (χ0n) is 17.2. The molecular weight excluding hydrogens is 354 g/mol. The number of hydrogen-bond acceptors (Lipinski definition) is 4. The first-order chi connectivity index (χ1) is 13.4. The molecule has 1 aromatic rings. The number of pyridine rings is 1. The smallest absolute Gasteiger partial charge is 0.319 e. The Hall–Kier alpha value is -2.15. The molecule has 7 nitrogen and oxygen atoms in total. The molecule has 0 N–H and O–H groups in total. The fourth-order valence-electron chi connectivity index (χ4n) is 5.68. The summed E-state index contributed by atoms with van der Waals surface area (Å²) in [6.45, 7) is 5.84. The molecule has 1 aromatic heterocycles. The van der Waals surface area contributed by atoms with Gasteiger partial charge in [0, 0.05) is 77.1 Å². The molecule has 3 saturated heterocycles. The highest BCUT2D eigenvalue weighted by Gasteiger charge is 2.59. The maximum atomic E-state index is 12.6. The number of hydrogen-bond donors (Lipinski definition) is 0. The number of fused-ring (bicyclic) bond motifs is 2. The third-order valence-corrected chi connectivity index (χ3v) is 6.77. The standard InChI is InChI=1S/C21H31N5O2/c1-16(27)26-15-21(8-11-25(14-21)20(28)23(2)3)19-18(26)7-5-10-24(19)13-17-6-4-9-22-12-17/h4,6,9,12,18-19H,5,7-8,10-11,13-15H2,1-3H3. The summed E-state index contributed by atoms with van der Waals surface area (Å²) in [7, 11) is 3.62. The quantitative estimate of drug-likeness (QED) is 0.777. The summed E-state index contributed by atoms with van der Waals surface area (Å²) < 4.78 is 0. The van der Waals surface area contributed by atoms with Gasteiger partial charge in [0.05, 0.1) is 0 Å². The molecule has 0 radical (unpaired) electrons. The zero-order valence-corrected chi connectivity index (χ0v) is 17.2. The molecule has 28 heavy (non-hydrogen) atoms. The molecule has 0 saturated carbocycles. The van der Waals surface area contributed by atoms with Gasteiger partial charge in [0.2, 0.25) is 5.91 Å². The highest BCUT2D eigenvalue weighted by molar-refractivity contribution is 5.75. The van der Waals surface area contributed by atoms with Crippen LogP contribution in [0.2, 0.25) is 0 Å². The molecule has 4 rings (SSSR count). The molecule has 3 aliphatic heterocycles. The predicted octanol–water partition coefficient (Wildman–Crippen LogP) is 1.65. The number of nitrogens with zero attached hydrogens (tertiary/aromatic N) is 5. The average Bonchev–Trinajstić information content (AvgIpc) is 3.25. The van der Waals surface area contributed by atoms with E-state index in [1.165, 1.54) is 5.56 Å². The Bertz CT molecular complexity index is 740. The third-order valence-electron chi connectivity index (χ3n) is 6.77. The lowest BCUT2D eigenvalue weighted by molar-refractivity contribution is -0.130. The van der Waals surface area contributed by atoms with E-state index in [1.54, 1.807) is 18.0 Å². The second-order valence-corrected chi connectivity index (χ2v) is 8.84. The van der Waals surface area contributed by atoms with Crippen LogP contribution in [0.4, 0.5) is 4.79 Å². The summed E-state index contributed by atoms with van der Waals surface area (Å²) in [5.41, 5.74) is 1.17. The van der Waals surface area contributed by atoms with Crippen LogP contribution in [-0.2, 0) is 11.3 Å². The Morgan fingerprint density at radius 3 is 2.79 bits per heavy atom. The van der Waals surface area contributed by atoms with Crippen LogP contribution in [0.1, 0.15) is 31.7 Å². The molecule has 3 aliphatic rings. The Labute approximate surface area is 167 Å². The van der Waals surface area contributed by atoms with Gasteiger partial charge in [0.1, 0.15) is 0 Å². The zero-order chi connectivity index (χ0) is 19.9. The molecule has 3 unspecified atom stereocenters. The molecule has 3 atom stereocenters. The van der Waals surface area contributed by atoms with Gasteiger partial charge in [0.25, 0.3) is 0 Å². The van der Waals surface area contributed by atoms with Crippen molar-refractivity contribution in [2.75, 3.05) is 40.3 Å². The first-order valence-electron chi connectivity index (χ1n) is 10.3. The molecule has 7 heteroatoms. The Morgan fingerprint density at radius 1 is 1.29 bits per heavy atom. The van der Waals surface area contributed by atoms with Crippen LogP contribution in [0.3, 0.4) is 0 Å². The van der Waals surface area contributed by atoms with Crippen molar-refractivity contribution in [1.82, 2.24) is 24.6 Å². The van der Waals surface area contributed by atoms with Gasteiger partial charge in [-0.25, -0.2) is 4.79 Å². The third kappa shape index (κ3) is 3.26. The highest BCUT2D eigenvalue weighted by Crippen LogP contribution is 2.48. The number of aromatic nitrogens is 1. The first-order valence-corrected chi connectivity index (χ1v) is 10.3. The van der Waals surface area contributed by atoms with Crippen molar-refractivity contribution >= 4 is 11.9 Å². The van der Waals surface area contributed by atoms with Gasteiger partial charge >= 0.3 is 6.03 Å². The number of likely N-dealkylation sites (tertiary alicyclic amines) is 3. The van der Waals surface area contributed by atoms with Crippen molar-refractivity contribution in [3.05, 3.63) is 30.1 Å². The minimum absolute atomic E-state index is 0.0371. The van der Waals surface area contributed by atoms with Gasteiger partial charge in [-0.05, 0) is 37.4 Å². The Balaban J connectivity index is 1.63. The van der Waals surface area contributed by atoms with E-state index in [0.717, 1.165) is 52.0 Å². The summed E-state index contributed by atoms with van der Waals surface area (Å²) in [5, 5.41) is 0. The van der Waals surface area contributed by atoms with Crippen molar-refractivity contribution in [3.8, 4) is 0 Å². The number of rotatable bonds is 2. The number of carbonyl (C=O) groups is 2. The molecular formula is C21H31N5O2. The lowest BCUT2D eigenvalue weighted by atomic mass is 9.76. The lowest BCUT2D eigenvalue weighted by Gasteiger charge is -2.44. The van der Waals surface area contributed by atoms with Crippen molar-refractivity contribution < 1.29 is 9.59 Å². The van der Waals surface area contributed by atoms with E-state index in [4.69, 9.17) is 0 Å². The summed E-state index contributed by atoms with van der Waals surface area (Å²) in [4.78, 5) is 37.6. The van der Waals surface area contributed by atoms with Gasteiger partial charge in [-0.3, -0.25) is 14.7 Å². The van der Waals surface area contributed by atoms with Gasteiger partial charge in [-0.15, -0.1) is 0 Å². The lowest BCUT2D eigenvalue weighted by Crippen LogP contribution is -2.55. The topological polar surface area (TPSA) is 60.0 Å². The van der Waals surface area contributed by atoms with E-state index >= 15 is 0 Å². The van der Waals surface area contributed by atoms with Crippen LogP contribution in [-0.4, -0.2) is 88.9 Å². The van der Waals surface area contributed by atoms with Gasteiger partial charge in [0.15, 0.2) is 0 Å². The van der Waals surface area contributed by atoms with Crippen molar-refractivity contribution in [1.29, 1.82) is 0 Å². The number of piperidine rings is 1. The van der Waals surface area contributed by atoms with Crippen molar-refractivity contribution in [3.63, 3.8) is 0 Å². The maximum absolute atomic E-state index is 12.6. The molecule has 0 aromatic carbocycles. The van der Waals surface area contributed by atoms with Crippen LogP contribution < -0.4 is 0 Å². The summed E-state index contributed by atoms with van der Waals surface area (Å²) >= 11 is 0. The van der Waals surface area contributed by atoms with Crippen LogP contribution in [0.15, 0.2) is 24.5 Å². The Morgan fingerprint density at radius 2 is 2.11 bits per heavy atom. The van der Waals surface area contributed by atoms with Gasteiger partial charge in [-0.1, -0.05) is 6.07 Å². The summed E-state index contributed by atoms with van der Waals surface area (Å²) in [6.07, 6.45) is 6.85. The molecule has 1 spiro atoms. The fourth-order valence-corrected chi connectivity index (χ4v) is 5.68. The van der Waals surface area contributed by atoms with E-state index in [0.29, 0.717) is 6.04 Å². The Kier molecular flexibility index (Phi) is 5.04.